The number of hydrogen-bond donors (Lipinski definition) is 1. The highest BCUT2D eigenvalue weighted by molar-refractivity contribution is 5.88. The number of nitrogens with zero attached hydrogens (tertiary/aromatic N) is 2. The highest BCUT2D eigenvalue weighted by atomic mass is 16.4. The van der Waals surface area contributed by atoms with Gasteiger partial charge in [-0.05, 0) is 96.6 Å². The predicted molar refractivity (Wildman–Crippen MR) is 108 cm³/mol. The summed E-state index contributed by atoms with van der Waals surface area (Å²) in [5.74, 6) is 1.05. The number of aromatic carboxylic acids is 1. The second-order valence-electron chi connectivity index (χ2n) is 9.02. The van der Waals surface area contributed by atoms with Gasteiger partial charge in [-0.25, -0.2) is 14.8 Å². The van der Waals surface area contributed by atoms with E-state index in [1.165, 1.54) is 35.1 Å². The van der Waals surface area contributed by atoms with Crippen LogP contribution < -0.4 is 0 Å². The maximum absolute atomic E-state index is 11.5. The first kappa shape index (κ1) is 17.6. The lowest BCUT2D eigenvalue weighted by Gasteiger charge is -2.50. The fourth-order valence-electron chi connectivity index (χ4n) is 6.56. The SMILES string of the molecule is Cc1cc(C(=O)O)cc2c1[C@H]1CC[C@]3(C)C(c4cncnc4)=CC[C@H]3[C@@H]1CC2. The summed E-state index contributed by atoms with van der Waals surface area (Å²) in [7, 11) is 0. The Morgan fingerprint density at radius 2 is 2.00 bits per heavy atom. The molecular formula is C24H26N2O2. The van der Waals surface area contributed by atoms with Crippen LogP contribution in [0.5, 0.6) is 0 Å². The van der Waals surface area contributed by atoms with Crippen molar-refractivity contribution in [3.63, 3.8) is 0 Å². The highest BCUT2D eigenvalue weighted by Gasteiger charge is 2.52. The van der Waals surface area contributed by atoms with Gasteiger partial charge in [0.2, 0.25) is 0 Å². The van der Waals surface area contributed by atoms with E-state index in [4.69, 9.17) is 0 Å². The van der Waals surface area contributed by atoms with Crippen LogP contribution in [0.2, 0.25) is 0 Å². The molecule has 1 heterocycles. The summed E-state index contributed by atoms with van der Waals surface area (Å²) < 4.78 is 0. The van der Waals surface area contributed by atoms with Crippen LogP contribution in [0.1, 0.15) is 71.1 Å². The normalized spacial score (nSPS) is 30.8. The van der Waals surface area contributed by atoms with Crippen molar-refractivity contribution in [2.75, 3.05) is 0 Å². The van der Waals surface area contributed by atoms with Gasteiger partial charge in [0.1, 0.15) is 6.33 Å². The number of rotatable bonds is 2. The fourth-order valence-corrected chi connectivity index (χ4v) is 6.56. The summed E-state index contributed by atoms with van der Waals surface area (Å²) in [4.78, 5) is 20.0. The molecule has 0 aliphatic heterocycles. The first-order valence-electron chi connectivity index (χ1n) is 10.3. The van der Waals surface area contributed by atoms with Crippen LogP contribution in [0.25, 0.3) is 5.57 Å². The molecule has 1 fully saturated rings. The molecule has 3 aliphatic rings. The number of carbonyl (C=O) groups is 1. The molecule has 28 heavy (non-hydrogen) atoms. The summed E-state index contributed by atoms with van der Waals surface area (Å²) in [5.41, 5.74) is 7.10. The van der Waals surface area contributed by atoms with Gasteiger partial charge in [-0.15, -0.1) is 0 Å². The summed E-state index contributed by atoms with van der Waals surface area (Å²) in [6, 6.07) is 3.80. The van der Waals surface area contributed by atoms with Crippen molar-refractivity contribution < 1.29 is 9.90 Å². The van der Waals surface area contributed by atoms with E-state index in [2.05, 4.69) is 29.9 Å². The molecule has 1 aromatic carbocycles. The Morgan fingerprint density at radius 1 is 1.21 bits per heavy atom. The van der Waals surface area contributed by atoms with Gasteiger partial charge in [0, 0.05) is 18.0 Å². The van der Waals surface area contributed by atoms with Gasteiger partial charge in [0.05, 0.1) is 5.56 Å². The van der Waals surface area contributed by atoms with E-state index >= 15 is 0 Å². The zero-order valence-corrected chi connectivity index (χ0v) is 16.5. The third-order valence-electron chi connectivity index (χ3n) is 7.73. The van der Waals surface area contributed by atoms with E-state index < -0.39 is 5.97 Å². The minimum absolute atomic E-state index is 0.193. The molecule has 0 spiro atoms. The molecule has 0 saturated heterocycles. The Bertz CT molecular complexity index is 982. The molecule has 0 bridgehead atoms. The number of carboxylic acids is 1. The molecule has 5 rings (SSSR count). The fraction of sp³-hybridized carbons (Fsp3) is 0.458. The summed E-state index contributed by atoms with van der Waals surface area (Å²) in [6.45, 7) is 4.54. The van der Waals surface area contributed by atoms with Crippen molar-refractivity contribution in [2.24, 2.45) is 17.3 Å². The second-order valence-corrected chi connectivity index (χ2v) is 9.02. The largest absolute Gasteiger partial charge is 0.478 e. The molecule has 1 N–H and O–H groups in total. The topological polar surface area (TPSA) is 63.1 Å². The van der Waals surface area contributed by atoms with Crippen molar-refractivity contribution in [1.29, 1.82) is 0 Å². The zero-order chi connectivity index (χ0) is 19.5. The smallest absolute Gasteiger partial charge is 0.335 e. The highest BCUT2D eigenvalue weighted by Crippen LogP contribution is 2.63. The predicted octanol–water partition coefficient (Wildman–Crippen LogP) is 5.03. The minimum atomic E-state index is -0.820. The summed E-state index contributed by atoms with van der Waals surface area (Å²) in [6.07, 6.45) is 13.6. The maximum Gasteiger partial charge on any atom is 0.335 e. The third-order valence-corrected chi connectivity index (χ3v) is 7.73. The standard InChI is InChI=1S/C24H26N2O2/c1-14-9-16(23(27)28)10-15-3-4-18-19(22(14)15)7-8-24(2)20(5-6-21(18)24)17-11-25-13-26-12-17/h5,9-13,18-19,21H,3-4,6-8H2,1-2H3,(H,27,28)/t18-,19+,21+,24-/m1/s1. The number of benzene rings is 1. The summed E-state index contributed by atoms with van der Waals surface area (Å²) >= 11 is 0. The first-order valence-corrected chi connectivity index (χ1v) is 10.3. The Kier molecular flexibility index (Phi) is 3.94. The molecule has 0 amide bonds. The van der Waals surface area contributed by atoms with Gasteiger partial charge >= 0.3 is 5.97 Å². The minimum Gasteiger partial charge on any atom is -0.478 e. The molecule has 0 radical (unpaired) electrons. The number of carboxylic acid groups (broad SMARTS) is 1. The van der Waals surface area contributed by atoms with Crippen molar-refractivity contribution >= 4 is 11.5 Å². The van der Waals surface area contributed by atoms with Gasteiger partial charge in [-0.3, -0.25) is 0 Å². The van der Waals surface area contributed by atoms with E-state index in [1.807, 2.05) is 24.5 Å². The van der Waals surface area contributed by atoms with Crippen molar-refractivity contribution in [3.8, 4) is 0 Å². The Morgan fingerprint density at radius 3 is 2.75 bits per heavy atom. The molecule has 4 nitrogen and oxygen atoms in total. The van der Waals surface area contributed by atoms with Gasteiger partial charge in [-0.2, -0.15) is 0 Å². The van der Waals surface area contributed by atoms with Crippen LogP contribution in [-0.4, -0.2) is 21.0 Å². The monoisotopic (exact) mass is 374 g/mol. The number of aryl methyl sites for hydroxylation is 2. The number of allylic oxidation sites excluding steroid dienone is 2. The van der Waals surface area contributed by atoms with Crippen molar-refractivity contribution in [2.45, 2.75) is 51.9 Å². The average Bonchev–Trinajstić information content (AvgIpc) is 3.05. The van der Waals surface area contributed by atoms with Crippen molar-refractivity contribution in [3.05, 3.63) is 64.7 Å². The molecule has 3 aliphatic carbocycles. The Hall–Kier alpha value is -2.49. The Labute approximate surface area is 165 Å². The molecule has 144 valence electrons. The van der Waals surface area contributed by atoms with Crippen LogP contribution in [0.4, 0.5) is 0 Å². The van der Waals surface area contributed by atoms with Crippen LogP contribution in [0, 0.1) is 24.2 Å². The maximum atomic E-state index is 11.5. The lowest BCUT2D eigenvalue weighted by Crippen LogP contribution is -2.41. The first-order chi connectivity index (χ1) is 13.5. The third kappa shape index (κ3) is 2.47. The molecular weight excluding hydrogens is 348 g/mol. The van der Waals surface area contributed by atoms with Gasteiger partial charge in [0.15, 0.2) is 0 Å². The Balaban J connectivity index is 1.50. The molecule has 2 aromatic rings. The molecule has 1 saturated carbocycles. The molecule has 4 heteroatoms. The second kappa shape index (κ2) is 6.26. The zero-order valence-electron chi connectivity index (χ0n) is 16.5. The van der Waals surface area contributed by atoms with Crippen LogP contribution in [-0.2, 0) is 6.42 Å². The van der Waals surface area contributed by atoms with Crippen LogP contribution in [0.3, 0.4) is 0 Å². The molecule has 0 unspecified atom stereocenters. The van der Waals surface area contributed by atoms with E-state index in [1.54, 1.807) is 6.33 Å². The van der Waals surface area contributed by atoms with Crippen molar-refractivity contribution in [1.82, 2.24) is 9.97 Å². The van der Waals surface area contributed by atoms with E-state index in [0.29, 0.717) is 23.3 Å². The number of fused-ring (bicyclic) bond motifs is 5. The van der Waals surface area contributed by atoms with Gasteiger partial charge in [0.25, 0.3) is 0 Å². The lowest BCUT2D eigenvalue weighted by molar-refractivity contribution is 0.0695. The molecule has 4 atom stereocenters. The van der Waals surface area contributed by atoms with Gasteiger partial charge in [-0.1, -0.05) is 13.0 Å². The van der Waals surface area contributed by atoms with E-state index in [-0.39, 0.29) is 5.41 Å². The van der Waals surface area contributed by atoms with E-state index in [9.17, 15) is 9.90 Å². The lowest BCUT2D eigenvalue weighted by atomic mass is 9.53. The van der Waals surface area contributed by atoms with Crippen LogP contribution in [0.15, 0.2) is 36.9 Å². The van der Waals surface area contributed by atoms with Crippen LogP contribution >= 0.6 is 0 Å². The number of hydrogen-bond acceptors (Lipinski definition) is 3. The quantitative estimate of drug-likeness (QED) is 0.800. The number of aromatic nitrogens is 2. The molecule has 1 aromatic heterocycles. The van der Waals surface area contributed by atoms with E-state index in [0.717, 1.165) is 24.8 Å². The average molecular weight is 374 g/mol. The van der Waals surface area contributed by atoms with Gasteiger partial charge < -0.3 is 5.11 Å². The summed E-state index contributed by atoms with van der Waals surface area (Å²) in [5, 5.41) is 9.42.